The van der Waals surface area contributed by atoms with E-state index in [0.29, 0.717) is 16.9 Å². The molecule has 33 heavy (non-hydrogen) atoms. The molecule has 0 saturated carbocycles. The fraction of sp³-hybridized carbons (Fsp3) is 0.364. The van der Waals surface area contributed by atoms with E-state index in [9.17, 15) is 14.0 Å². The number of amides is 1. The van der Waals surface area contributed by atoms with Gasteiger partial charge < -0.3 is 20.3 Å². The monoisotopic (exact) mass is 453 g/mol. The number of nitrogens with zero attached hydrogens (tertiary/aromatic N) is 6. The molecule has 0 aliphatic carbocycles. The topological polar surface area (TPSA) is 110 Å². The van der Waals surface area contributed by atoms with Crippen molar-refractivity contribution in [1.29, 1.82) is 0 Å². The number of halogens is 1. The molecule has 0 bridgehead atoms. The van der Waals surface area contributed by atoms with Crippen LogP contribution in [0.2, 0.25) is 0 Å². The summed E-state index contributed by atoms with van der Waals surface area (Å²) in [6.07, 6.45) is 2.79. The van der Waals surface area contributed by atoms with Gasteiger partial charge in [-0.25, -0.2) is 14.2 Å². The van der Waals surface area contributed by atoms with Crippen molar-refractivity contribution in [2.24, 2.45) is 12.8 Å². The van der Waals surface area contributed by atoms with Gasteiger partial charge in [-0.1, -0.05) is 0 Å². The Morgan fingerprint density at radius 2 is 1.94 bits per heavy atom. The molecule has 1 atom stereocenters. The van der Waals surface area contributed by atoms with Crippen LogP contribution in [0.5, 0.6) is 0 Å². The molecule has 1 saturated heterocycles. The number of piperazine rings is 1. The van der Waals surface area contributed by atoms with Crippen LogP contribution in [0.3, 0.4) is 0 Å². The zero-order valence-electron chi connectivity index (χ0n) is 18.4. The lowest BCUT2D eigenvalue weighted by Crippen LogP contribution is -2.44. The van der Waals surface area contributed by atoms with E-state index in [1.165, 1.54) is 10.7 Å². The van der Waals surface area contributed by atoms with Crippen molar-refractivity contribution in [3.8, 4) is 0 Å². The summed E-state index contributed by atoms with van der Waals surface area (Å²) in [5.41, 5.74) is 7.67. The average molecular weight is 453 g/mol. The normalized spacial score (nSPS) is 18.6. The summed E-state index contributed by atoms with van der Waals surface area (Å²) in [4.78, 5) is 34.2. The van der Waals surface area contributed by atoms with Crippen molar-refractivity contribution < 1.29 is 18.7 Å². The molecule has 5 rings (SSSR count). The van der Waals surface area contributed by atoms with E-state index in [1.54, 1.807) is 30.4 Å². The average Bonchev–Trinajstić information content (AvgIpc) is 3.33. The maximum absolute atomic E-state index is 14.9. The molecule has 1 unspecified atom stereocenters. The van der Waals surface area contributed by atoms with Crippen LogP contribution in [-0.2, 0) is 27.8 Å². The highest BCUT2D eigenvalue weighted by Crippen LogP contribution is 2.43. The van der Waals surface area contributed by atoms with Gasteiger partial charge in [0.05, 0.1) is 0 Å². The number of nitrogens with two attached hydrogens (primary N) is 1. The van der Waals surface area contributed by atoms with Crippen molar-refractivity contribution in [1.82, 2.24) is 19.7 Å². The summed E-state index contributed by atoms with van der Waals surface area (Å²) in [5.74, 6) is -2.29. The Morgan fingerprint density at radius 3 is 2.67 bits per heavy atom. The fourth-order valence-corrected chi connectivity index (χ4v) is 4.52. The van der Waals surface area contributed by atoms with Gasteiger partial charge in [-0.15, -0.1) is 0 Å². The number of aromatic nitrogens is 3. The van der Waals surface area contributed by atoms with Crippen molar-refractivity contribution in [3.05, 3.63) is 42.0 Å². The minimum atomic E-state index is -1.19. The second-order valence-electron chi connectivity index (χ2n) is 8.39. The lowest BCUT2D eigenvalue weighted by atomic mass is 10.1. The van der Waals surface area contributed by atoms with Crippen molar-refractivity contribution in [2.45, 2.75) is 12.6 Å². The smallest absolute Gasteiger partial charge is 0.398 e. The fourth-order valence-electron chi connectivity index (χ4n) is 4.52. The lowest BCUT2D eigenvalue weighted by Gasteiger charge is -2.35. The molecule has 2 aliphatic rings. The van der Waals surface area contributed by atoms with E-state index < -0.39 is 23.9 Å². The number of hydrogen-bond donors (Lipinski definition) is 1. The Kier molecular flexibility index (Phi) is 5.12. The molecule has 0 spiro atoms. The van der Waals surface area contributed by atoms with Crippen LogP contribution in [-0.4, -0.2) is 71.0 Å². The highest BCUT2D eigenvalue weighted by molar-refractivity contribution is 6.31. The standard InChI is InChI=1S/C22H24FN7O3/c1-27-5-7-29(8-6-27)17-3-4-25-21-15(17)11-18(33-22(32)20(24)31)30(21)14-9-13-12-28(2)26-19(13)16(23)10-14/h3-4,9-10,12,18H,5-8,11H2,1-2H3,(H2,24,31). The molecule has 4 heterocycles. The first-order valence-corrected chi connectivity index (χ1v) is 10.7. The number of esters is 1. The Morgan fingerprint density at radius 1 is 1.18 bits per heavy atom. The van der Waals surface area contributed by atoms with Crippen molar-refractivity contribution >= 4 is 40.0 Å². The van der Waals surface area contributed by atoms with E-state index in [4.69, 9.17) is 10.5 Å². The molecule has 10 nitrogen and oxygen atoms in total. The van der Waals surface area contributed by atoms with Gasteiger partial charge in [0.1, 0.15) is 11.3 Å². The molecule has 2 aromatic heterocycles. The van der Waals surface area contributed by atoms with Gasteiger partial charge in [0.25, 0.3) is 0 Å². The van der Waals surface area contributed by atoms with E-state index in [1.807, 2.05) is 6.07 Å². The van der Waals surface area contributed by atoms with Gasteiger partial charge in [-0.05, 0) is 19.2 Å². The number of anilines is 3. The summed E-state index contributed by atoms with van der Waals surface area (Å²) in [7, 11) is 3.80. The third-order valence-corrected chi connectivity index (χ3v) is 6.13. The second-order valence-corrected chi connectivity index (χ2v) is 8.39. The molecule has 11 heteroatoms. The minimum Gasteiger partial charge on any atom is -0.434 e. The molecular formula is C22H24FN7O3. The number of aryl methyl sites for hydroxylation is 1. The molecule has 0 radical (unpaired) electrons. The summed E-state index contributed by atoms with van der Waals surface area (Å²) in [5, 5.41) is 4.74. The van der Waals surface area contributed by atoms with E-state index in [0.717, 1.165) is 37.4 Å². The predicted molar refractivity (Wildman–Crippen MR) is 120 cm³/mol. The number of likely N-dealkylation sites (N-methyl/N-ethyl adjacent to an activating group) is 1. The number of benzene rings is 1. The maximum atomic E-state index is 14.9. The van der Waals surface area contributed by atoms with Gasteiger partial charge >= 0.3 is 11.9 Å². The highest BCUT2D eigenvalue weighted by atomic mass is 19.1. The number of pyridine rings is 1. The first kappa shape index (κ1) is 21.1. The highest BCUT2D eigenvalue weighted by Gasteiger charge is 2.38. The summed E-state index contributed by atoms with van der Waals surface area (Å²) >= 11 is 0. The quantitative estimate of drug-likeness (QED) is 0.460. The first-order valence-electron chi connectivity index (χ1n) is 10.7. The largest absolute Gasteiger partial charge is 0.434 e. The number of fused-ring (bicyclic) bond motifs is 2. The van der Waals surface area contributed by atoms with E-state index in [-0.39, 0.29) is 11.9 Å². The second kappa shape index (κ2) is 8.00. The van der Waals surface area contributed by atoms with Crippen LogP contribution in [0.1, 0.15) is 5.56 Å². The minimum absolute atomic E-state index is 0.241. The number of primary amides is 1. The van der Waals surface area contributed by atoms with Crippen LogP contribution in [0.15, 0.2) is 30.6 Å². The summed E-state index contributed by atoms with van der Waals surface area (Å²) in [6.45, 7) is 3.53. The van der Waals surface area contributed by atoms with Crippen LogP contribution >= 0.6 is 0 Å². The predicted octanol–water partition coefficient (Wildman–Crippen LogP) is 0.908. The number of carbonyl (C=O) groups excluding carboxylic acids is 2. The van der Waals surface area contributed by atoms with Gasteiger partial charge in [0, 0.05) is 80.4 Å². The SMILES string of the molecule is CN1CCN(c2ccnc3c2CC(OC(=O)C(N)=O)N3c2cc(F)c3nn(C)cc3c2)CC1. The van der Waals surface area contributed by atoms with Gasteiger partial charge in [0.2, 0.25) is 0 Å². The molecule has 2 N–H and O–H groups in total. The maximum Gasteiger partial charge on any atom is 0.398 e. The summed E-state index contributed by atoms with van der Waals surface area (Å²) < 4.78 is 21.9. The third kappa shape index (κ3) is 3.74. The number of rotatable bonds is 3. The summed E-state index contributed by atoms with van der Waals surface area (Å²) in [6, 6.07) is 5.03. The van der Waals surface area contributed by atoms with E-state index >= 15 is 0 Å². The Bertz CT molecular complexity index is 1250. The zero-order chi connectivity index (χ0) is 23.3. The van der Waals surface area contributed by atoms with Crippen LogP contribution in [0, 0.1) is 5.82 Å². The number of carbonyl (C=O) groups is 2. The lowest BCUT2D eigenvalue weighted by molar-refractivity contribution is -0.157. The van der Waals surface area contributed by atoms with Gasteiger partial charge in [-0.3, -0.25) is 14.4 Å². The van der Waals surface area contributed by atoms with Crippen LogP contribution in [0.25, 0.3) is 10.9 Å². The third-order valence-electron chi connectivity index (χ3n) is 6.13. The van der Waals surface area contributed by atoms with Crippen LogP contribution in [0.4, 0.5) is 21.6 Å². The molecule has 2 aliphatic heterocycles. The molecule has 1 fully saturated rings. The molecule has 1 amide bonds. The van der Waals surface area contributed by atoms with Crippen molar-refractivity contribution in [3.63, 3.8) is 0 Å². The Labute approximate surface area is 189 Å². The Hall–Kier alpha value is -3.73. The number of ether oxygens (including phenoxy) is 1. The van der Waals surface area contributed by atoms with Gasteiger partial charge in [-0.2, -0.15) is 5.10 Å². The zero-order valence-corrected chi connectivity index (χ0v) is 18.4. The molecule has 3 aromatic rings. The number of hydrogen-bond acceptors (Lipinski definition) is 8. The van der Waals surface area contributed by atoms with Gasteiger partial charge in [0.15, 0.2) is 12.0 Å². The first-order chi connectivity index (χ1) is 15.8. The van der Waals surface area contributed by atoms with Crippen LogP contribution < -0.4 is 15.5 Å². The molecular weight excluding hydrogens is 429 g/mol. The molecule has 1 aromatic carbocycles. The van der Waals surface area contributed by atoms with E-state index in [2.05, 4.69) is 26.9 Å². The Balaban J connectivity index is 1.60. The van der Waals surface area contributed by atoms with Crippen molar-refractivity contribution in [2.75, 3.05) is 43.0 Å². The molecule has 172 valence electrons.